The summed E-state index contributed by atoms with van der Waals surface area (Å²) < 4.78 is 28.6. The van der Waals surface area contributed by atoms with Crippen LogP contribution in [0.2, 0.25) is 0 Å². The SMILES string of the molecule is CCC(C#N)(CC)S(=O)(=O)c1ccc(OC)cc1. The summed E-state index contributed by atoms with van der Waals surface area (Å²) in [6.45, 7) is 3.43. The van der Waals surface area contributed by atoms with Gasteiger partial charge >= 0.3 is 0 Å². The first-order chi connectivity index (χ1) is 8.47. The molecule has 5 heteroatoms. The highest BCUT2D eigenvalue weighted by Crippen LogP contribution is 2.32. The van der Waals surface area contributed by atoms with E-state index in [2.05, 4.69) is 0 Å². The Bertz CT molecular complexity index is 537. The Hall–Kier alpha value is -1.54. The van der Waals surface area contributed by atoms with Gasteiger partial charge in [0, 0.05) is 0 Å². The molecule has 0 saturated carbocycles. The van der Waals surface area contributed by atoms with Crippen molar-refractivity contribution in [3.8, 4) is 11.8 Å². The second-order valence-corrected chi connectivity index (χ2v) is 6.25. The van der Waals surface area contributed by atoms with E-state index < -0.39 is 14.6 Å². The molecular formula is C13H17NO3S. The lowest BCUT2D eigenvalue weighted by atomic mass is 10.1. The molecule has 0 heterocycles. The van der Waals surface area contributed by atoms with Crippen LogP contribution in [0.1, 0.15) is 26.7 Å². The fraction of sp³-hybridized carbons (Fsp3) is 0.462. The van der Waals surface area contributed by atoms with E-state index in [0.29, 0.717) is 5.75 Å². The molecule has 0 fully saturated rings. The van der Waals surface area contributed by atoms with Crippen molar-refractivity contribution in [1.82, 2.24) is 0 Å². The number of sulfone groups is 1. The van der Waals surface area contributed by atoms with E-state index in [1.54, 1.807) is 26.0 Å². The van der Waals surface area contributed by atoms with Crippen LogP contribution in [0.4, 0.5) is 0 Å². The van der Waals surface area contributed by atoms with Crippen LogP contribution >= 0.6 is 0 Å². The second kappa shape index (κ2) is 5.40. The van der Waals surface area contributed by atoms with Crippen LogP contribution in [0.3, 0.4) is 0 Å². The molecule has 0 radical (unpaired) electrons. The summed E-state index contributed by atoms with van der Waals surface area (Å²) in [7, 11) is -2.14. The fourth-order valence-corrected chi connectivity index (χ4v) is 3.65. The quantitative estimate of drug-likeness (QED) is 0.822. The lowest BCUT2D eigenvalue weighted by molar-refractivity contribution is 0.414. The molecule has 0 spiro atoms. The molecule has 98 valence electrons. The van der Waals surface area contributed by atoms with E-state index in [1.807, 2.05) is 6.07 Å². The summed E-state index contributed by atoms with van der Waals surface area (Å²) in [6, 6.07) is 8.09. The Balaban J connectivity index is 3.32. The maximum absolute atomic E-state index is 12.5. The molecule has 0 atom stereocenters. The van der Waals surface area contributed by atoms with Gasteiger partial charge in [-0.1, -0.05) is 13.8 Å². The molecular weight excluding hydrogens is 250 g/mol. The molecule has 0 aromatic heterocycles. The molecule has 18 heavy (non-hydrogen) atoms. The standard InChI is InChI=1S/C13H17NO3S/c1-4-13(5-2,10-14)18(15,16)12-8-6-11(17-3)7-9-12/h6-9H,4-5H2,1-3H3. The lowest BCUT2D eigenvalue weighted by Crippen LogP contribution is -2.35. The molecule has 0 N–H and O–H groups in total. The Morgan fingerprint density at radius 1 is 1.22 bits per heavy atom. The molecule has 4 nitrogen and oxygen atoms in total. The van der Waals surface area contributed by atoms with E-state index in [9.17, 15) is 13.7 Å². The van der Waals surface area contributed by atoms with Crippen LogP contribution in [-0.2, 0) is 9.84 Å². The van der Waals surface area contributed by atoms with Gasteiger partial charge in [0.15, 0.2) is 14.6 Å². The monoisotopic (exact) mass is 267 g/mol. The number of rotatable bonds is 5. The van der Waals surface area contributed by atoms with Gasteiger partial charge in [-0.05, 0) is 37.1 Å². The minimum Gasteiger partial charge on any atom is -0.497 e. The van der Waals surface area contributed by atoms with Crippen LogP contribution in [0, 0.1) is 11.3 Å². The second-order valence-electron chi connectivity index (χ2n) is 3.99. The average molecular weight is 267 g/mol. The van der Waals surface area contributed by atoms with Crippen LogP contribution in [0.5, 0.6) is 5.75 Å². The van der Waals surface area contributed by atoms with Gasteiger partial charge < -0.3 is 4.74 Å². The van der Waals surface area contributed by atoms with Crippen molar-refractivity contribution in [3.63, 3.8) is 0 Å². The summed E-state index contributed by atoms with van der Waals surface area (Å²) in [5.74, 6) is 0.588. The van der Waals surface area contributed by atoms with Crippen molar-refractivity contribution in [2.75, 3.05) is 7.11 Å². The van der Waals surface area contributed by atoms with Gasteiger partial charge in [0.25, 0.3) is 0 Å². The first-order valence-corrected chi connectivity index (χ1v) is 7.25. The van der Waals surface area contributed by atoms with Gasteiger partial charge in [0.1, 0.15) is 5.75 Å². The fourth-order valence-electron chi connectivity index (χ4n) is 1.83. The normalized spacial score (nSPS) is 11.9. The summed E-state index contributed by atoms with van der Waals surface area (Å²) >= 11 is 0. The van der Waals surface area contributed by atoms with Gasteiger partial charge in [0.05, 0.1) is 18.1 Å². The zero-order valence-electron chi connectivity index (χ0n) is 10.8. The highest BCUT2D eigenvalue weighted by Gasteiger charge is 2.42. The van der Waals surface area contributed by atoms with E-state index >= 15 is 0 Å². The Kier molecular flexibility index (Phi) is 4.36. The maximum Gasteiger partial charge on any atom is 0.197 e. The maximum atomic E-state index is 12.5. The number of benzene rings is 1. The topological polar surface area (TPSA) is 67.2 Å². The third-order valence-electron chi connectivity index (χ3n) is 3.23. The number of nitrogens with zero attached hydrogens (tertiary/aromatic N) is 1. The molecule has 0 bridgehead atoms. The minimum absolute atomic E-state index is 0.161. The summed E-state index contributed by atoms with van der Waals surface area (Å²) in [5, 5.41) is 9.22. The van der Waals surface area contributed by atoms with Gasteiger partial charge in [-0.25, -0.2) is 8.42 Å². The predicted molar refractivity (Wildman–Crippen MR) is 69.1 cm³/mol. The smallest absolute Gasteiger partial charge is 0.197 e. The van der Waals surface area contributed by atoms with Crippen molar-refractivity contribution in [3.05, 3.63) is 24.3 Å². The van der Waals surface area contributed by atoms with Crippen LogP contribution in [-0.4, -0.2) is 20.3 Å². The number of ether oxygens (including phenoxy) is 1. The Morgan fingerprint density at radius 2 is 1.72 bits per heavy atom. The largest absolute Gasteiger partial charge is 0.497 e. The predicted octanol–water partition coefficient (Wildman–Crippen LogP) is 2.55. The van der Waals surface area contributed by atoms with E-state index in [4.69, 9.17) is 4.74 Å². The van der Waals surface area contributed by atoms with Crippen LogP contribution in [0.15, 0.2) is 29.2 Å². The molecule has 1 rings (SSSR count). The zero-order valence-corrected chi connectivity index (χ0v) is 11.6. The van der Waals surface area contributed by atoms with Crippen molar-refractivity contribution < 1.29 is 13.2 Å². The number of nitriles is 1. The molecule has 0 aliphatic heterocycles. The molecule has 1 aromatic rings. The zero-order chi connectivity index (χ0) is 13.8. The summed E-state index contributed by atoms with van der Waals surface area (Å²) in [6.07, 6.45) is 0.544. The van der Waals surface area contributed by atoms with Crippen molar-refractivity contribution >= 4 is 9.84 Å². The number of hydrogen-bond acceptors (Lipinski definition) is 4. The average Bonchev–Trinajstić information content (AvgIpc) is 2.41. The van der Waals surface area contributed by atoms with Crippen molar-refractivity contribution in [2.45, 2.75) is 36.3 Å². The first kappa shape index (κ1) is 14.5. The van der Waals surface area contributed by atoms with Crippen molar-refractivity contribution in [2.24, 2.45) is 0 Å². The molecule has 0 aliphatic carbocycles. The van der Waals surface area contributed by atoms with E-state index in [0.717, 1.165) is 0 Å². The van der Waals surface area contributed by atoms with Crippen LogP contribution < -0.4 is 4.74 Å². The number of hydrogen-bond donors (Lipinski definition) is 0. The van der Waals surface area contributed by atoms with Crippen LogP contribution in [0.25, 0.3) is 0 Å². The van der Waals surface area contributed by atoms with Crippen molar-refractivity contribution in [1.29, 1.82) is 5.26 Å². The van der Waals surface area contributed by atoms with E-state index in [1.165, 1.54) is 19.2 Å². The van der Waals surface area contributed by atoms with Gasteiger partial charge in [-0.15, -0.1) is 0 Å². The molecule has 0 unspecified atom stereocenters. The van der Waals surface area contributed by atoms with Gasteiger partial charge in [-0.2, -0.15) is 5.26 Å². The lowest BCUT2D eigenvalue weighted by Gasteiger charge is -2.23. The molecule has 1 aromatic carbocycles. The summed E-state index contributed by atoms with van der Waals surface area (Å²) in [4.78, 5) is 0.161. The highest BCUT2D eigenvalue weighted by molar-refractivity contribution is 7.93. The Morgan fingerprint density at radius 3 is 2.06 bits per heavy atom. The number of methoxy groups -OCH3 is 1. The highest BCUT2D eigenvalue weighted by atomic mass is 32.2. The van der Waals surface area contributed by atoms with Gasteiger partial charge in [-0.3, -0.25) is 0 Å². The third kappa shape index (κ3) is 2.21. The third-order valence-corrected chi connectivity index (χ3v) is 5.82. The molecule has 0 aliphatic rings. The Labute approximate surface area is 108 Å². The molecule has 0 saturated heterocycles. The first-order valence-electron chi connectivity index (χ1n) is 5.77. The van der Waals surface area contributed by atoms with Gasteiger partial charge in [0.2, 0.25) is 0 Å². The molecule has 0 amide bonds. The minimum atomic E-state index is -3.65. The van der Waals surface area contributed by atoms with E-state index in [-0.39, 0.29) is 17.7 Å². The summed E-state index contributed by atoms with van der Waals surface area (Å²) in [5.41, 5.74) is 0.